The summed E-state index contributed by atoms with van der Waals surface area (Å²) in [5, 5.41) is 4.42. The Morgan fingerprint density at radius 3 is 2.15 bits per heavy atom. The quantitative estimate of drug-likeness (QED) is 0.797. The first-order valence-electron chi connectivity index (χ1n) is 6.14. The van der Waals surface area contributed by atoms with Crippen molar-refractivity contribution in [2.45, 2.75) is 0 Å². The number of methoxy groups -OCH3 is 1. The van der Waals surface area contributed by atoms with E-state index in [1.54, 1.807) is 13.2 Å². The van der Waals surface area contributed by atoms with Crippen molar-refractivity contribution in [2.75, 3.05) is 25.6 Å². The molecule has 106 valence electrons. The summed E-state index contributed by atoms with van der Waals surface area (Å²) in [7, 11) is 1.63. The highest BCUT2D eigenvalue weighted by Crippen LogP contribution is 2.22. The van der Waals surface area contributed by atoms with Gasteiger partial charge in [-0.3, -0.25) is 0 Å². The minimum atomic E-state index is 0.538. The molecule has 0 aromatic heterocycles. The van der Waals surface area contributed by atoms with Crippen LogP contribution in [0, 0.1) is 0 Å². The first kappa shape index (κ1) is 14.8. The van der Waals surface area contributed by atoms with Gasteiger partial charge in [0.15, 0.2) is 0 Å². The number of anilines is 1. The van der Waals surface area contributed by atoms with Crippen molar-refractivity contribution in [2.24, 2.45) is 0 Å². The summed E-state index contributed by atoms with van der Waals surface area (Å²) in [5.74, 6) is 1.61. The molecule has 0 aliphatic carbocycles. The van der Waals surface area contributed by atoms with E-state index in [1.165, 1.54) is 0 Å². The van der Waals surface area contributed by atoms with Gasteiger partial charge < -0.3 is 14.8 Å². The third-order valence-electron chi connectivity index (χ3n) is 2.62. The number of hydrogen-bond acceptors (Lipinski definition) is 3. The summed E-state index contributed by atoms with van der Waals surface area (Å²) < 4.78 is 10.7. The molecular formula is C15H15Cl2NO2. The van der Waals surface area contributed by atoms with Crippen LogP contribution in [0.1, 0.15) is 0 Å². The smallest absolute Gasteiger partial charge is 0.119 e. The molecule has 0 aliphatic rings. The van der Waals surface area contributed by atoms with Crippen LogP contribution in [-0.4, -0.2) is 20.3 Å². The van der Waals surface area contributed by atoms with E-state index in [1.807, 2.05) is 36.4 Å². The number of benzene rings is 2. The molecule has 0 radical (unpaired) electrons. The van der Waals surface area contributed by atoms with Crippen LogP contribution in [-0.2, 0) is 0 Å². The molecule has 0 amide bonds. The third kappa shape index (κ3) is 4.51. The maximum atomic E-state index is 5.92. The first-order chi connectivity index (χ1) is 9.67. The molecule has 2 aromatic carbocycles. The van der Waals surface area contributed by atoms with E-state index in [0.29, 0.717) is 23.2 Å². The van der Waals surface area contributed by atoms with Gasteiger partial charge in [-0.25, -0.2) is 0 Å². The molecule has 1 N–H and O–H groups in total. The predicted molar refractivity (Wildman–Crippen MR) is 83.4 cm³/mol. The second kappa shape index (κ2) is 7.27. The Bertz CT molecular complexity index is 538. The monoisotopic (exact) mass is 311 g/mol. The van der Waals surface area contributed by atoms with Crippen LogP contribution in [0.5, 0.6) is 11.5 Å². The van der Waals surface area contributed by atoms with Crippen molar-refractivity contribution in [1.82, 2.24) is 0 Å². The SMILES string of the molecule is COc1ccc(OCCNc2cc(Cl)cc(Cl)c2)cc1. The van der Waals surface area contributed by atoms with Gasteiger partial charge >= 0.3 is 0 Å². The van der Waals surface area contributed by atoms with Crippen LogP contribution < -0.4 is 14.8 Å². The standard InChI is InChI=1S/C15H15Cl2NO2/c1-19-14-2-4-15(5-3-14)20-7-6-18-13-9-11(16)8-12(17)10-13/h2-5,8-10,18H,6-7H2,1H3. The average Bonchev–Trinajstić information content (AvgIpc) is 2.43. The number of rotatable bonds is 6. The summed E-state index contributed by atoms with van der Waals surface area (Å²) in [4.78, 5) is 0. The molecule has 0 saturated heterocycles. The second-order valence-corrected chi connectivity index (χ2v) is 4.98. The summed E-state index contributed by atoms with van der Waals surface area (Å²) in [6.45, 7) is 1.19. The van der Waals surface area contributed by atoms with E-state index < -0.39 is 0 Å². The van der Waals surface area contributed by atoms with Gasteiger partial charge in [-0.15, -0.1) is 0 Å². The van der Waals surface area contributed by atoms with Crippen molar-refractivity contribution in [3.8, 4) is 11.5 Å². The lowest BCUT2D eigenvalue weighted by molar-refractivity contribution is 0.332. The fourth-order valence-electron chi connectivity index (χ4n) is 1.69. The molecule has 3 nitrogen and oxygen atoms in total. The molecule has 2 rings (SSSR count). The molecular weight excluding hydrogens is 297 g/mol. The number of ether oxygens (including phenoxy) is 2. The van der Waals surface area contributed by atoms with Crippen molar-refractivity contribution in [1.29, 1.82) is 0 Å². The predicted octanol–water partition coefficient (Wildman–Crippen LogP) is 4.49. The highest BCUT2D eigenvalue weighted by Gasteiger charge is 1.98. The fourth-order valence-corrected chi connectivity index (χ4v) is 2.22. The Morgan fingerprint density at radius 1 is 0.950 bits per heavy atom. The van der Waals surface area contributed by atoms with E-state index in [4.69, 9.17) is 32.7 Å². The Labute approximate surface area is 128 Å². The zero-order valence-electron chi connectivity index (χ0n) is 11.0. The van der Waals surface area contributed by atoms with Crippen molar-refractivity contribution in [3.63, 3.8) is 0 Å². The maximum absolute atomic E-state index is 5.92. The number of hydrogen-bond donors (Lipinski definition) is 1. The van der Waals surface area contributed by atoms with Crippen LogP contribution in [0.2, 0.25) is 10.0 Å². The molecule has 0 unspecified atom stereocenters. The van der Waals surface area contributed by atoms with Crippen molar-refractivity contribution in [3.05, 3.63) is 52.5 Å². The number of nitrogens with one attached hydrogen (secondary N) is 1. The lowest BCUT2D eigenvalue weighted by Gasteiger charge is -2.09. The maximum Gasteiger partial charge on any atom is 0.119 e. The highest BCUT2D eigenvalue weighted by molar-refractivity contribution is 6.35. The molecule has 0 bridgehead atoms. The third-order valence-corrected chi connectivity index (χ3v) is 3.06. The normalized spacial score (nSPS) is 10.2. The Hall–Kier alpha value is -1.58. The number of halogens is 2. The van der Waals surface area contributed by atoms with Gasteiger partial charge in [0, 0.05) is 22.3 Å². The van der Waals surface area contributed by atoms with Crippen LogP contribution in [0.25, 0.3) is 0 Å². The minimum absolute atomic E-state index is 0.538. The van der Waals surface area contributed by atoms with Gasteiger partial charge in [-0.05, 0) is 42.5 Å². The van der Waals surface area contributed by atoms with Crippen molar-refractivity contribution >= 4 is 28.9 Å². The molecule has 0 atom stereocenters. The Balaban J connectivity index is 1.78. The van der Waals surface area contributed by atoms with Gasteiger partial charge in [0.2, 0.25) is 0 Å². The summed E-state index contributed by atoms with van der Waals surface area (Å²) >= 11 is 11.8. The van der Waals surface area contributed by atoms with E-state index in [2.05, 4.69) is 5.32 Å². The lowest BCUT2D eigenvalue weighted by atomic mass is 10.3. The molecule has 20 heavy (non-hydrogen) atoms. The zero-order chi connectivity index (χ0) is 14.4. The van der Waals surface area contributed by atoms with Gasteiger partial charge in [0.1, 0.15) is 18.1 Å². The van der Waals surface area contributed by atoms with Gasteiger partial charge in [0.25, 0.3) is 0 Å². The van der Waals surface area contributed by atoms with E-state index >= 15 is 0 Å². The molecule has 0 aliphatic heterocycles. The van der Waals surface area contributed by atoms with Gasteiger partial charge in [-0.2, -0.15) is 0 Å². The van der Waals surface area contributed by atoms with Gasteiger partial charge in [0.05, 0.1) is 7.11 Å². The Kier molecular flexibility index (Phi) is 5.39. The van der Waals surface area contributed by atoms with E-state index in [-0.39, 0.29) is 0 Å². The highest BCUT2D eigenvalue weighted by atomic mass is 35.5. The minimum Gasteiger partial charge on any atom is -0.497 e. The molecule has 0 fully saturated rings. The summed E-state index contributed by atoms with van der Waals surface area (Å²) in [6.07, 6.45) is 0. The van der Waals surface area contributed by atoms with E-state index in [0.717, 1.165) is 17.2 Å². The zero-order valence-corrected chi connectivity index (χ0v) is 12.5. The van der Waals surface area contributed by atoms with Crippen LogP contribution in [0.4, 0.5) is 5.69 Å². The molecule has 5 heteroatoms. The Morgan fingerprint density at radius 2 is 1.55 bits per heavy atom. The van der Waals surface area contributed by atoms with E-state index in [9.17, 15) is 0 Å². The molecule has 0 saturated carbocycles. The molecule has 0 heterocycles. The fraction of sp³-hybridized carbons (Fsp3) is 0.200. The largest absolute Gasteiger partial charge is 0.497 e. The van der Waals surface area contributed by atoms with Crippen LogP contribution in [0.15, 0.2) is 42.5 Å². The summed E-state index contributed by atoms with van der Waals surface area (Å²) in [6, 6.07) is 12.8. The second-order valence-electron chi connectivity index (χ2n) is 4.11. The molecule has 0 spiro atoms. The lowest BCUT2D eigenvalue weighted by Crippen LogP contribution is -2.11. The molecule has 2 aromatic rings. The van der Waals surface area contributed by atoms with Crippen molar-refractivity contribution < 1.29 is 9.47 Å². The van der Waals surface area contributed by atoms with Crippen LogP contribution in [0.3, 0.4) is 0 Å². The van der Waals surface area contributed by atoms with Crippen LogP contribution >= 0.6 is 23.2 Å². The average molecular weight is 312 g/mol. The first-order valence-corrected chi connectivity index (χ1v) is 6.90. The van der Waals surface area contributed by atoms with Gasteiger partial charge in [-0.1, -0.05) is 23.2 Å². The topological polar surface area (TPSA) is 30.5 Å². The summed E-state index contributed by atoms with van der Waals surface area (Å²) in [5.41, 5.74) is 0.876.